The van der Waals surface area contributed by atoms with E-state index in [1.807, 2.05) is 6.92 Å². The molecule has 0 aromatic carbocycles. The van der Waals surface area contributed by atoms with Gasteiger partial charge in [-0.3, -0.25) is 14.3 Å². The molecule has 0 saturated carbocycles. The molecule has 0 spiro atoms. The maximum absolute atomic E-state index is 11.7. The Hall–Kier alpha value is -1.77. The molecule has 0 aliphatic heterocycles. The van der Waals surface area contributed by atoms with Crippen LogP contribution in [-0.4, -0.2) is 36.5 Å². The van der Waals surface area contributed by atoms with Crippen LogP contribution in [-0.2, 0) is 16.4 Å². The molecule has 1 aromatic heterocycles. The maximum atomic E-state index is 11.7. The summed E-state index contributed by atoms with van der Waals surface area (Å²) in [6.07, 6.45) is 2.20. The predicted octanol–water partition coefficient (Wildman–Crippen LogP) is -0.625. The van der Waals surface area contributed by atoms with Gasteiger partial charge in [-0.1, -0.05) is 6.92 Å². The standard InChI is InChI=1S/C11H20N4O4S/c1-3-6-15-9(12)8(10(16)14-11(15)17)13-5-4-7-20(2,18)19/h13H,3-7,12H2,1-2H3,(H,14,16,17). The third-order valence-corrected chi connectivity index (χ3v) is 3.71. The Morgan fingerprint density at radius 3 is 2.55 bits per heavy atom. The molecule has 0 amide bonds. The molecule has 0 aliphatic rings. The predicted molar refractivity (Wildman–Crippen MR) is 78.8 cm³/mol. The number of nitrogen functional groups attached to an aromatic ring is 1. The fourth-order valence-electron chi connectivity index (χ4n) is 1.75. The number of H-pyrrole nitrogens is 1. The molecule has 114 valence electrons. The van der Waals surface area contributed by atoms with Crippen LogP contribution in [0.5, 0.6) is 0 Å². The van der Waals surface area contributed by atoms with Gasteiger partial charge >= 0.3 is 5.69 Å². The van der Waals surface area contributed by atoms with Crippen molar-refractivity contribution >= 4 is 21.3 Å². The lowest BCUT2D eigenvalue weighted by Gasteiger charge is -2.13. The SMILES string of the molecule is CCCn1c(N)c(NCCCS(C)(=O)=O)c(=O)[nH]c1=O. The van der Waals surface area contributed by atoms with Gasteiger partial charge in [0.2, 0.25) is 0 Å². The van der Waals surface area contributed by atoms with Gasteiger partial charge in [0.25, 0.3) is 5.56 Å². The van der Waals surface area contributed by atoms with E-state index in [0.29, 0.717) is 19.4 Å². The zero-order valence-corrected chi connectivity index (χ0v) is 12.4. The van der Waals surface area contributed by atoms with E-state index < -0.39 is 21.1 Å². The molecule has 4 N–H and O–H groups in total. The number of aromatic nitrogens is 2. The Labute approximate surface area is 116 Å². The van der Waals surface area contributed by atoms with Gasteiger partial charge in [-0.05, 0) is 12.8 Å². The minimum atomic E-state index is -3.03. The summed E-state index contributed by atoms with van der Waals surface area (Å²) in [5.41, 5.74) is 4.76. The second-order valence-electron chi connectivity index (χ2n) is 4.58. The third-order valence-electron chi connectivity index (χ3n) is 2.68. The minimum Gasteiger partial charge on any atom is -0.383 e. The second-order valence-corrected chi connectivity index (χ2v) is 6.84. The zero-order chi connectivity index (χ0) is 15.3. The van der Waals surface area contributed by atoms with E-state index in [-0.39, 0.29) is 23.8 Å². The van der Waals surface area contributed by atoms with Crippen LogP contribution >= 0.6 is 0 Å². The molecule has 0 radical (unpaired) electrons. The highest BCUT2D eigenvalue weighted by atomic mass is 32.2. The lowest BCUT2D eigenvalue weighted by Crippen LogP contribution is -2.34. The van der Waals surface area contributed by atoms with Gasteiger partial charge in [0.1, 0.15) is 21.3 Å². The molecule has 1 aromatic rings. The highest BCUT2D eigenvalue weighted by molar-refractivity contribution is 7.90. The summed E-state index contributed by atoms with van der Waals surface area (Å²) in [7, 11) is -3.03. The molecule has 0 unspecified atom stereocenters. The minimum absolute atomic E-state index is 0.0202. The molecule has 1 rings (SSSR count). The number of sulfone groups is 1. The van der Waals surface area contributed by atoms with Crippen molar-refractivity contribution in [2.75, 3.05) is 29.6 Å². The smallest absolute Gasteiger partial charge is 0.330 e. The largest absolute Gasteiger partial charge is 0.383 e. The molecule has 0 bridgehead atoms. The molecule has 20 heavy (non-hydrogen) atoms. The topological polar surface area (TPSA) is 127 Å². The first-order valence-corrected chi connectivity index (χ1v) is 8.36. The van der Waals surface area contributed by atoms with Crippen LogP contribution in [0.15, 0.2) is 9.59 Å². The number of hydrogen-bond acceptors (Lipinski definition) is 6. The molecular formula is C11H20N4O4S. The van der Waals surface area contributed by atoms with E-state index in [1.165, 1.54) is 4.57 Å². The first-order valence-electron chi connectivity index (χ1n) is 6.30. The number of aromatic amines is 1. The van der Waals surface area contributed by atoms with E-state index in [2.05, 4.69) is 10.3 Å². The van der Waals surface area contributed by atoms with E-state index in [1.54, 1.807) is 0 Å². The van der Waals surface area contributed by atoms with Gasteiger partial charge < -0.3 is 11.1 Å². The Balaban J connectivity index is 2.87. The first kappa shape index (κ1) is 16.3. The Morgan fingerprint density at radius 1 is 1.35 bits per heavy atom. The number of nitrogens with zero attached hydrogens (tertiary/aromatic N) is 1. The molecular weight excluding hydrogens is 284 g/mol. The van der Waals surface area contributed by atoms with Crippen molar-refractivity contribution < 1.29 is 8.42 Å². The lowest BCUT2D eigenvalue weighted by molar-refractivity contribution is 0.600. The van der Waals surface area contributed by atoms with E-state index >= 15 is 0 Å². The van der Waals surface area contributed by atoms with E-state index in [0.717, 1.165) is 6.26 Å². The molecule has 0 atom stereocenters. The summed E-state index contributed by atoms with van der Waals surface area (Å²) >= 11 is 0. The molecule has 0 aliphatic carbocycles. The second kappa shape index (κ2) is 6.60. The van der Waals surface area contributed by atoms with Crippen molar-refractivity contribution in [1.29, 1.82) is 0 Å². The lowest BCUT2D eigenvalue weighted by atomic mass is 10.4. The van der Waals surface area contributed by atoms with Gasteiger partial charge in [-0.25, -0.2) is 13.2 Å². The average molecular weight is 304 g/mol. The summed E-state index contributed by atoms with van der Waals surface area (Å²) in [5.74, 6) is 0.0897. The van der Waals surface area contributed by atoms with Gasteiger partial charge in [0, 0.05) is 19.3 Å². The Bertz CT molecular complexity index is 675. The average Bonchev–Trinajstić information content (AvgIpc) is 2.32. The molecule has 0 saturated heterocycles. The van der Waals surface area contributed by atoms with E-state index in [9.17, 15) is 18.0 Å². The maximum Gasteiger partial charge on any atom is 0.330 e. The molecule has 8 nitrogen and oxygen atoms in total. The fraction of sp³-hybridized carbons (Fsp3) is 0.636. The van der Waals surface area contributed by atoms with Crippen LogP contribution in [0.25, 0.3) is 0 Å². The van der Waals surface area contributed by atoms with Crippen LogP contribution in [0.2, 0.25) is 0 Å². The normalized spacial score (nSPS) is 11.5. The van der Waals surface area contributed by atoms with Gasteiger partial charge in [0.15, 0.2) is 0 Å². The van der Waals surface area contributed by atoms with Crippen molar-refractivity contribution in [3.8, 4) is 0 Å². The first-order chi connectivity index (χ1) is 9.26. The van der Waals surface area contributed by atoms with Crippen LogP contribution in [0.1, 0.15) is 19.8 Å². The number of nitrogens with two attached hydrogens (primary N) is 1. The zero-order valence-electron chi connectivity index (χ0n) is 11.6. The van der Waals surface area contributed by atoms with Gasteiger partial charge in [-0.2, -0.15) is 0 Å². The van der Waals surface area contributed by atoms with Crippen molar-refractivity contribution in [3.63, 3.8) is 0 Å². The molecule has 0 fully saturated rings. The summed E-state index contributed by atoms with van der Waals surface area (Å²) in [4.78, 5) is 25.4. The number of anilines is 2. The monoisotopic (exact) mass is 304 g/mol. The van der Waals surface area contributed by atoms with E-state index in [4.69, 9.17) is 5.73 Å². The van der Waals surface area contributed by atoms with Crippen LogP contribution in [0, 0.1) is 0 Å². The Morgan fingerprint density at radius 2 is 2.00 bits per heavy atom. The summed E-state index contributed by atoms with van der Waals surface area (Å²) in [5, 5.41) is 2.79. The number of hydrogen-bond donors (Lipinski definition) is 3. The quantitative estimate of drug-likeness (QED) is 0.576. The van der Waals surface area contributed by atoms with Crippen LogP contribution in [0.3, 0.4) is 0 Å². The van der Waals surface area contributed by atoms with Crippen molar-refractivity contribution in [2.24, 2.45) is 0 Å². The third kappa shape index (κ3) is 4.41. The number of rotatable bonds is 7. The van der Waals surface area contributed by atoms with Crippen molar-refractivity contribution in [3.05, 3.63) is 20.8 Å². The van der Waals surface area contributed by atoms with Crippen LogP contribution in [0.4, 0.5) is 11.5 Å². The van der Waals surface area contributed by atoms with Crippen molar-refractivity contribution in [1.82, 2.24) is 9.55 Å². The summed E-state index contributed by atoms with van der Waals surface area (Å²) < 4.78 is 23.3. The molecule has 1 heterocycles. The summed E-state index contributed by atoms with van der Waals surface area (Å²) in [6, 6.07) is 0. The number of nitrogens with one attached hydrogen (secondary N) is 2. The van der Waals surface area contributed by atoms with Crippen LogP contribution < -0.4 is 22.3 Å². The highest BCUT2D eigenvalue weighted by Gasteiger charge is 2.11. The molecule has 9 heteroatoms. The van der Waals surface area contributed by atoms with Gasteiger partial charge in [0.05, 0.1) is 5.75 Å². The fourth-order valence-corrected chi connectivity index (χ4v) is 2.42. The Kier molecular flexibility index (Phi) is 5.37. The van der Waals surface area contributed by atoms with Crippen molar-refractivity contribution in [2.45, 2.75) is 26.3 Å². The summed E-state index contributed by atoms with van der Waals surface area (Å²) in [6.45, 7) is 2.57. The highest BCUT2D eigenvalue weighted by Crippen LogP contribution is 2.10. The van der Waals surface area contributed by atoms with Gasteiger partial charge in [-0.15, -0.1) is 0 Å².